The van der Waals surface area contributed by atoms with E-state index in [-0.39, 0.29) is 11.5 Å². The zero-order valence-electron chi connectivity index (χ0n) is 14.3. The summed E-state index contributed by atoms with van der Waals surface area (Å²) in [7, 11) is 0. The van der Waals surface area contributed by atoms with Crippen LogP contribution in [0.2, 0.25) is 0 Å². The molecule has 0 unspecified atom stereocenters. The number of hydrogen-bond donors (Lipinski definition) is 2. The summed E-state index contributed by atoms with van der Waals surface area (Å²) in [5.41, 5.74) is 0.354. The third-order valence-electron chi connectivity index (χ3n) is 4.80. The third kappa shape index (κ3) is 2.81. The molecule has 4 rings (SSSR count). The number of nitrogens with one attached hydrogen (secondary N) is 2. The van der Waals surface area contributed by atoms with Gasteiger partial charge < -0.3 is 9.80 Å². The molecule has 1 fully saturated rings. The van der Waals surface area contributed by atoms with E-state index in [0.29, 0.717) is 37.3 Å². The Hall–Kier alpha value is -3.23. The Labute approximate surface area is 149 Å². The Bertz CT molecular complexity index is 974. The van der Waals surface area contributed by atoms with E-state index < -0.39 is 5.92 Å². The fourth-order valence-corrected chi connectivity index (χ4v) is 3.35. The normalized spacial score (nSPS) is 16.0. The van der Waals surface area contributed by atoms with E-state index in [9.17, 15) is 9.59 Å². The van der Waals surface area contributed by atoms with Crippen LogP contribution in [0.25, 0.3) is 10.8 Å². The standard InChI is InChI=1S/C17H19N7O2/c1-11(14-12-4-2-3-5-13(12)15(25)21-20-14)16(26)23-6-8-24(9-7-23)17-18-10-19-22-17/h2-5,10-11H,6-9H2,1H3,(H,21,25)(H,18,19,22)/t11-/m1/s1. The van der Waals surface area contributed by atoms with Gasteiger partial charge >= 0.3 is 0 Å². The van der Waals surface area contributed by atoms with Gasteiger partial charge in [0.1, 0.15) is 6.33 Å². The number of anilines is 1. The van der Waals surface area contributed by atoms with Gasteiger partial charge in [-0.2, -0.15) is 15.2 Å². The fraction of sp³-hybridized carbons (Fsp3) is 0.353. The number of H-pyrrole nitrogens is 2. The topological polar surface area (TPSA) is 111 Å². The first-order chi connectivity index (χ1) is 12.6. The second-order valence-electron chi connectivity index (χ2n) is 6.33. The zero-order chi connectivity index (χ0) is 18.1. The number of carbonyl (C=O) groups excluding carboxylic acids is 1. The van der Waals surface area contributed by atoms with E-state index in [0.717, 1.165) is 11.3 Å². The van der Waals surface area contributed by atoms with Gasteiger partial charge in [-0.05, 0) is 13.0 Å². The van der Waals surface area contributed by atoms with Crippen molar-refractivity contribution in [2.75, 3.05) is 31.1 Å². The highest BCUT2D eigenvalue weighted by Crippen LogP contribution is 2.23. The van der Waals surface area contributed by atoms with E-state index >= 15 is 0 Å². The fourth-order valence-electron chi connectivity index (χ4n) is 3.35. The number of benzene rings is 1. The summed E-state index contributed by atoms with van der Waals surface area (Å²) in [5.74, 6) is 0.291. The molecule has 2 aromatic heterocycles. The number of carbonyl (C=O) groups is 1. The lowest BCUT2D eigenvalue weighted by atomic mass is 10.00. The maximum Gasteiger partial charge on any atom is 0.272 e. The van der Waals surface area contributed by atoms with E-state index in [1.165, 1.54) is 6.33 Å². The summed E-state index contributed by atoms with van der Waals surface area (Å²) in [6.45, 7) is 4.41. The smallest absolute Gasteiger partial charge is 0.272 e. The largest absolute Gasteiger partial charge is 0.339 e. The van der Waals surface area contributed by atoms with Crippen molar-refractivity contribution in [2.24, 2.45) is 0 Å². The molecule has 3 heterocycles. The Morgan fingerprint density at radius 1 is 1.12 bits per heavy atom. The average Bonchev–Trinajstić information content (AvgIpc) is 3.22. The molecule has 1 atom stereocenters. The summed E-state index contributed by atoms with van der Waals surface area (Å²) in [6, 6.07) is 7.22. The van der Waals surface area contributed by atoms with Crippen LogP contribution in [0, 0.1) is 0 Å². The van der Waals surface area contributed by atoms with Gasteiger partial charge in [-0.25, -0.2) is 10.2 Å². The Morgan fingerprint density at radius 2 is 1.85 bits per heavy atom. The van der Waals surface area contributed by atoms with Gasteiger partial charge in [-0.15, -0.1) is 0 Å². The van der Waals surface area contributed by atoms with Crippen molar-refractivity contribution in [2.45, 2.75) is 12.8 Å². The quantitative estimate of drug-likeness (QED) is 0.709. The molecule has 134 valence electrons. The van der Waals surface area contributed by atoms with Crippen molar-refractivity contribution in [3.05, 3.63) is 46.6 Å². The van der Waals surface area contributed by atoms with Crippen LogP contribution < -0.4 is 10.5 Å². The number of rotatable bonds is 3. The average molecular weight is 353 g/mol. The number of aromatic nitrogens is 5. The Balaban J connectivity index is 1.52. The van der Waals surface area contributed by atoms with Crippen LogP contribution in [0.15, 0.2) is 35.4 Å². The monoisotopic (exact) mass is 353 g/mol. The summed E-state index contributed by atoms with van der Waals surface area (Å²) in [5, 5.41) is 14.6. The summed E-state index contributed by atoms with van der Waals surface area (Å²) in [6.07, 6.45) is 1.47. The minimum absolute atomic E-state index is 0.00641. The van der Waals surface area contributed by atoms with Crippen molar-refractivity contribution < 1.29 is 4.79 Å². The lowest BCUT2D eigenvalue weighted by Crippen LogP contribution is -2.50. The first kappa shape index (κ1) is 16.2. The maximum absolute atomic E-state index is 13.0. The number of amides is 1. The van der Waals surface area contributed by atoms with E-state index in [2.05, 4.69) is 30.3 Å². The molecule has 1 saturated heterocycles. The molecule has 0 spiro atoms. The van der Waals surface area contributed by atoms with Crippen LogP contribution in [-0.2, 0) is 4.79 Å². The van der Waals surface area contributed by atoms with Gasteiger partial charge in [-0.1, -0.05) is 18.2 Å². The highest BCUT2D eigenvalue weighted by atomic mass is 16.2. The minimum Gasteiger partial charge on any atom is -0.339 e. The van der Waals surface area contributed by atoms with Crippen LogP contribution in [0.4, 0.5) is 5.95 Å². The van der Waals surface area contributed by atoms with E-state index in [4.69, 9.17) is 0 Å². The van der Waals surface area contributed by atoms with Gasteiger partial charge in [0.2, 0.25) is 11.9 Å². The molecule has 0 bridgehead atoms. The predicted molar refractivity (Wildman–Crippen MR) is 96.0 cm³/mol. The molecule has 9 nitrogen and oxygen atoms in total. The van der Waals surface area contributed by atoms with Crippen LogP contribution in [0.1, 0.15) is 18.5 Å². The van der Waals surface area contributed by atoms with E-state index in [1.54, 1.807) is 12.1 Å². The first-order valence-corrected chi connectivity index (χ1v) is 8.51. The molecule has 0 aliphatic carbocycles. The molecule has 1 aliphatic heterocycles. The van der Waals surface area contributed by atoms with Crippen LogP contribution in [0.3, 0.4) is 0 Å². The van der Waals surface area contributed by atoms with Crippen molar-refractivity contribution >= 4 is 22.6 Å². The number of hydrogen-bond acceptors (Lipinski definition) is 6. The van der Waals surface area contributed by atoms with Crippen LogP contribution in [-0.4, -0.2) is 62.4 Å². The SMILES string of the molecule is C[C@@H](C(=O)N1CCN(c2ncn[nH]2)CC1)c1n[nH]c(=O)c2ccccc12. The molecule has 26 heavy (non-hydrogen) atoms. The lowest BCUT2D eigenvalue weighted by Gasteiger charge is -2.35. The number of nitrogens with zero attached hydrogens (tertiary/aromatic N) is 5. The maximum atomic E-state index is 13.0. The Kier molecular flexibility index (Phi) is 4.11. The second-order valence-corrected chi connectivity index (χ2v) is 6.33. The van der Waals surface area contributed by atoms with Gasteiger partial charge in [0.15, 0.2) is 0 Å². The number of piperazine rings is 1. The number of fused-ring (bicyclic) bond motifs is 1. The van der Waals surface area contributed by atoms with Crippen molar-refractivity contribution in [3.63, 3.8) is 0 Å². The van der Waals surface area contributed by atoms with Crippen molar-refractivity contribution in [3.8, 4) is 0 Å². The second kappa shape index (κ2) is 6.58. The molecule has 1 amide bonds. The molecule has 9 heteroatoms. The molecule has 1 aliphatic rings. The van der Waals surface area contributed by atoms with Gasteiger partial charge in [0.25, 0.3) is 5.56 Å². The van der Waals surface area contributed by atoms with Gasteiger partial charge in [-0.3, -0.25) is 9.59 Å². The van der Waals surface area contributed by atoms with Crippen LogP contribution >= 0.6 is 0 Å². The summed E-state index contributed by atoms with van der Waals surface area (Å²) < 4.78 is 0. The highest BCUT2D eigenvalue weighted by Gasteiger charge is 2.28. The molecule has 1 aromatic carbocycles. The molecule has 0 radical (unpaired) electrons. The first-order valence-electron chi connectivity index (χ1n) is 8.51. The molecular formula is C17H19N7O2. The third-order valence-corrected chi connectivity index (χ3v) is 4.80. The molecule has 3 aromatic rings. The van der Waals surface area contributed by atoms with Gasteiger partial charge in [0, 0.05) is 31.6 Å². The van der Waals surface area contributed by atoms with Crippen molar-refractivity contribution in [1.29, 1.82) is 0 Å². The van der Waals surface area contributed by atoms with Crippen LogP contribution in [0.5, 0.6) is 0 Å². The summed E-state index contributed by atoms with van der Waals surface area (Å²) in [4.78, 5) is 32.9. The Morgan fingerprint density at radius 3 is 2.54 bits per heavy atom. The number of aromatic amines is 2. The highest BCUT2D eigenvalue weighted by molar-refractivity contribution is 5.91. The van der Waals surface area contributed by atoms with Gasteiger partial charge in [0.05, 0.1) is 17.0 Å². The zero-order valence-corrected chi connectivity index (χ0v) is 14.3. The van der Waals surface area contributed by atoms with Crippen molar-refractivity contribution in [1.82, 2.24) is 30.3 Å². The molecular weight excluding hydrogens is 334 g/mol. The lowest BCUT2D eigenvalue weighted by molar-refractivity contribution is -0.132. The minimum atomic E-state index is -0.437. The molecule has 0 saturated carbocycles. The summed E-state index contributed by atoms with van der Waals surface area (Å²) >= 11 is 0. The van der Waals surface area contributed by atoms with E-state index in [1.807, 2.05) is 24.0 Å². The predicted octanol–water partition coefficient (Wildman–Crippen LogP) is 0.494. The molecule has 2 N–H and O–H groups in total.